The number of esters is 2. The number of aryl methyl sites for hydroxylation is 1. The van der Waals surface area contributed by atoms with Gasteiger partial charge in [-0.3, -0.25) is 19.2 Å². The average molecular weight is 817 g/mol. The van der Waals surface area contributed by atoms with Gasteiger partial charge < -0.3 is 40.8 Å². The van der Waals surface area contributed by atoms with Gasteiger partial charge in [0.2, 0.25) is 11.5 Å². The molecule has 0 saturated heterocycles. The Morgan fingerprint density at radius 1 is 1.02 bits per heavy atom. The fraction of sp³-hybridized carbons (Fsp3) is 0.295. The Morgan fingerprint density at radius 2 is 1.81 bits per heavy atom. The molecule has 6 N–H and O–H groups in total. The number of carbonyl (C=O) groups excluding carboxylic acids is 3. The van der Waals surface area contributed by atoms with Crippen molar-refractivity contribution < 1.29 is 33.8 Å². The van der Waals surface area contributed by atoms with Crippen molar-refractivity contribution in [2.45, 2.75) is 70.2 Å². The summed E-state index contributed by atoms with van der Waals surface area (Å²) in [7, 11) is 0. The first-order valence-electron chi connectivity index (χ1n) is 19.5. The zero-order chi connectivity index (χ0) is 41.7. The monoisotopic (exact) mass is 816 g/mol. The highest BCUT2D eigenvalue weighted by atomic mass is 32.1. The van der Waals surface area contributed by atoms with Gasteiger partial charge in [0.25, 0.3) is 5.56 Å². The van der Waals surface area contributed by atoms with Crippen molar-refractivity contribution in [3.63, 3.8) is 0 Å². The van der Waals surface area contributed by atoms with Gasteiger partial charge in [0, 0.05) is 28.6 Å². The number of fused-ring (bicyclic) bond motifs is 5. The molecule has 0 aliphatic carbocycles. The number of cyclic esters (lactones) is 1. The first kappa shape index (κ1) is 40.7. The zero-order valence-corrected chi connectivity index (χ0v) is 33.2. The number of nitrogens with one attached hydrogen (secondary N) is 3. The Kier molecular flexibility index (Phi) is 12.1. The van der Waals surface area contributed by atoms with Crippen LogP contribution in [0.2, 0.25) is 0 Å². The Balaban J connectivity index is 1.03. The quantitative estimate of drug-likeness (QED) is 0.0532. The van der Waals surface area contributed by atoms with Crippen LogP contribution in [-0.2, 0) is 53.8 Å². The van der Waals surface area contributed by atoms with Crippen LogP contribution in [0, 0.1) is 0 Å². The van der Waals surface area contributed by atoms with Crippen LogP contribution < -0.4 is 27.2 Å². The van der Waals surface area contributed by atoms with E-state index in [9.17, 15) is 24.0 Å². The number of carboxylic acids is 1. The summed E-state index contributed by atoms with van der Waals surface area (Å²) in [6.07, 6.45) is 2.08. The first-order chi connectivity index (χ1) is 28.5. The molecule has 0 bridgehead atoms. The molecule has 2 aromatic heterocycles. The number of ether oxygens (including phenoxy) is 2. The molecule has 2 aliphatic heterocycles. The summed E-state index contributed by atoms with van der Waals surface area (Å²) in [5.41, 5.74) is 10.1. The second-order valence-electron chi connectivity index (χ2n) is 14.6. The number of hydrogen-bond donors (Lipinski definition) is 5. The molecule has 7 rings (SSSR count). The normalized spacial score (nSPS) is 15.6. The zero-order valence-electron chi connectivity index (χ0n) is 32.4. The Hall–Kier alpha value is -6.45. The Bertz CT molecular complexity index is 2520. The molecule has 0 spiro atoms. The van der Waals surface area contributed by atoms with Crippen molar-refractivity contribution in [3.05, 3.63) is 118 Å². The highest BCUT2D eigenvalue weighted by Crippen LogP contribution is 2.41. The maximum Gasteiger partial charge on any atom is 0.355 e. The minimum absolute atomic E-state index is 0.0259. The summed E-state index contributed by atoms with van der Waals surface area (Å²) in [5.74, 6) is -3.08. The van der Waals surface area contributed by atoms with Crippen LogP contribution >= 0.6 is 12.2 Å². The number of carboxylic acid groups (broad SMARTS) is 1. The number of unbranched alkanes of at least 4 members (excludes halogenated alkanes) is 1. The van der Waals surface area contributed by atoms with Crippen molar-refractivity contribution in [2.24, 2.45) is 5.73 Å². The highest BCUT2D eigenvalue weighted by Gasteiger charge is 2.50. The topological polar surface area (TPSA) is 204 Å². The van der Waals surface area contributed by atoms with Gasteiger partial charge in [-0.1, -0.05) is 61.5 Å². The van der Waals surface area contributed by atoms with E-state index in [1.54, 1.807) is 17.6 Å². The lowest BCUT2D eigenvalue weighted by atomic mass is 9.85. The fourth-order valence-electron chi connectivity index (χ4n) is 7.57. The summed E-state index contributed by atoms with van der Waals surface area (Å²) in [4.78, 5) is 70.3. The van der Waals surface area contributed by atoms with Gasteiger partial charge >= 0.3 is 17.9 Å². The number of carbonyl (C=O) groups is 4. The number of nitrogens with zero attached hydrogens (tertiary/aromatic N) is 2. The Labute approximate surface area is 345 Å². The van der Waals surface area contributed by atoms with E-state index < -0.39 is 42.0 Å². The van der Waals surface area contributed by atoms with Gasteiger partial charge in [-0.05, 0) is 97.9 Å². The predicted molar refractivity (Wildman–Crippen MR) is 225 cm³/mol. The van der Waals surface area contributed by atoms with Gasteiger partial charge in [-0.15, -0.1) is 0 Å². The number of hydrogen-bond acceptors (Lipinski definition) is 10. The lowest BCUT2D eigenvalue weighted by Gasteiger charge is -2.35. The number of nitrogens with two attached hydrogens (primary N) is 1. The average Bonchev–Trinajstić information content (AvgIpc) is 3.59. The molecule has 0 saturated carbocycles. The number of aromatic nitrogens is 2. The van der Waals surface area contributed by atoms with Crippen LogP contribution in [-0.4, -0.2) is 62.7 Å². The molecule has 2 aliphatic rings. The van der Waals surface area contributed by atoms with Crippen LogP contribution in [0.15, 0.2) is 89.7 Å². The van der Waals surface area contributed by atoms with Gasteiger partial charge in [0.05, 0.1) is 29.0 Å². The second kappa shape index (κ2) is 17.6. The third-order valence-electron chi connectivity index (χ3n) is 10.7. The SMILES string of the molecule is CC[C@@]1(OC(=O)CNC(=O)[C@H](CCCCN)NC(=S)Nc2cccc(-c3ccc(CCC(=O)O)cc3)c2)C(=O)OCc2c1cc1n(c2=O)Cc2cc3ccccc3nc2-1. The Morgan fingerprint density at radius 3 is 2.58 bits per heavy atom. The van der Waals surface area contributed by atoms with Crippen LogP contribution in [0.4, 0.5) is 5.69 Å². The van der Waals surface area contributed by atoms with Crippen molar-refractivity contribution in [2.75, 3.05) is 18.4 Å². The van der Waals surface area contributed by atoms with Crippen LogP contribution in [0.1, 0.15) is 61.3 Å². The summed E-state index contributed by atoms with van der Waals surface area (Å²) in [6, 6.07) is 25.7. The molecule has 14 nitrogen and oxygen atoms in total. The van der Waals surface area contributed by atoms with Crippen molar-refractivity contribution in [1.29, 1.82) is 0 Å². The minimum Gasteiger partial charge on any atom is -0.481 e. The number of thiocarbonyl (C=S) groups is 1. The molecular weight excluding hydrogens is 773 g/mol. The van der Waals surface area contributed by atoms with Gasteiger partial charge in [-0.2, -0.15) is 0 Å². The van der Waals surface area contributed by atoms with Gasteiger partial charge in [0.15, 0.2) is 5.11 Å². The summed E-state index contributed by atoms with van der Waals surface area (Å²) in [5, 5.41) is 18.9. The number of aliphatic carboxylic acids is 1. The van der Waals surface area contributed by atoms with E-state index in [2.05, 4.69) is 16.0 Å². The predicted octanol–water partition coefficient (Wildman–Crippen LogP) is 4.92. The number of benzene rings is 3. The maximum absolute atomic E-state index is 13.9. The van der Waals surface area contributed by atoms with E-state index in [0.29, 0.717) is 55.8 Å². The van der Waals surface area contributed by atoms with Crippen LogP contribution in [0.5, 0.6) is 0 Å². The third-order valence-corrected chi connectivity index (χ3v) is 10.9. The van der Waals surface area contributed by atoms with E-state index in [-0.39, 0.29) is 41.2 Å². The van der Waals surface area contributed by atoms with Gasteiger partial charge in [0.1, 0.15) is 19.2 Å². The summed E-state index contributed by atoms with van der Waals surface area (Å²) < 4.78 is 13.0. The number of pyridine rings is 2. The summed E-state index contributed by atoms with van der Waals surface area (Å²) >= 11 is 5.60. The number of rotatable bonds is 15. The fourth-order valence-corrected chi connectivity index (χ4v) is 7.83. The molecule has 15 heteroatoms. The standard InChI is InChI=1S/C44H44N6O8S/c1-2-44(33-22-36-39-30(20-29-8-3-4-11-34(29)48-39)24-50(36)41(55)32(33)25-57-42(44)56)58-38(53)23-46-40(54)35(12-5-6-19-45)49-43(59)47-31-10-7-9-28(21-31)27-16-13-26(14-17-27)15-18-37(51)52/h3-4,7-11,13-14,16-17,20-22,35H,2,5-6,12,15,18-19,23-25,45H2,1H3,(H,46,54)(H,51,52)(H2,47,49,59)/t35-,44-/m0/s1. The van der Waals surface area contributed by atoms with Crippen molar-refractivity contribution in [3.8, 4) is 22.5 Å². The molecule has 304 valence electrons. The highest BCUT2D eigenvalue weighted by molar-refractivity contribution is 7.80. The third kappa shape index (κ3) is 8.71. The smallest absolute Gasteiger partial charge is 0.355 e. The molecule has 0 unspecified atom stereocenters. The van der Waals surface area contributed by atoms with Crippen LogP contribution in [0.25, 0.3) is 33.4 Å². The van der Waals surface area contributed by atoms with E-state index in [4.69, 9.17) is 37.5 Å². The lowest BCUT2D eigenvalue weighted by molar-refractivity contribution is -0.189. The largest absolute Gasteiger partial charge is 0.481 e. The lowest BCUT2D eigenvalue weighted by Crippen LogP contribution is -2.51. The van der Waals surface area contributed by atoms with E-state index in [1.165, 1.54) is 0 Å². The van der Waals surface area contributed by atoms with Gasteiger partial charge in [-0.25, -0.2) is 9.78 Å². The van der Waals surface area contributed by atoms with E-state index >= 15 is 0 Å². The maximum atomic E-state index is 13.9. The number of amides is 1. The number of para-hydroxylation sites is 1. The number of anilines is 1. The first-order valence-corrected chi connectivity index (χ1v) is 19.9. The van der Waals surface area contributed by atoms with Crippen molar-refractivity contribution in [1.82, 2.24) is 20.2 Å². The molecular formula is C44H44N6O8S. The molecule has 5 aromatic rings. The van der Waals surface area contributed by atoms with Crippen molar-refractivity contribution >= 4 is 57.7 Å². The molecule has 3 aromatic carbocycles. The molecule has 0 radical (unpaired) electrons. The summed E-state index contributed by atoms with van der Waals surface area (Å²) in [6.45, 7) is 1.54. The van der Waals surface area contributed by atoms with E-state index in [1.807, 2.05) is 78.9 Å². The molecule has 4 heterocycles. The molecule has 2 atom stereocenters. The minimum atomic E-state index is -1.93. The molecule has 0 fully saturated rings. The molecule has 1 amide bonds. The van der Waals surface area contributed by atoms with Crippen LogP contribution in [0.3, 0.4) is 0 Å². The van der Waals surface area contributed by atoms with E-state index in [0.717, 1.165) is 33.2 Å². The molecule has 59 heavy (non-hydrogen) atoms. The second-order valence-corrected chi connectivity index (χ2v) is 15.0.